The van der Waals surface area contributed by atoms with Gasteiger partial charge in [-0.15, -0.1) is 0 Å². The Bertz CT molecular complexity index is 913. The number of aromatic nitrogens is 2. The summed E-state index contributed by atoms with van der Waals surface area (Å²) in [5.41, 5.74) is 2.16. The van der Waals surface area contributed by atoms with E-state index < -0.39 is 0 Å². The highest BCUT2D eigenvalue weighted by Gasteiger charge is 2.23. The summed E-state index contributed by atoms with van der Waals surface area (Å²) in [7, 11) is 0. The number of carbonyl (C=O) groups is 1. The Balaban J connectivity index is 1.32. The highest BCUT2D eigenvalue weighted by molar-refractivity contribution is 6.30. The summed E-state index contributed by atoms with van der Waals surface area (Å²) in [6.07, 6.45) is 6.42. The molecule has 1 amide bonds. The second-order valence-corrected chi connectivity index (χ2v) is 7.83. The lowest BCUT2D eigenvalue weighted by Crippen LogP contribution is -2.40. The number of benzene rings is 2. The maximum atomic E-state index is 12.6. The van der Waals surface area contributed by atoms with Gasteiger partial charge in [0.05, 0.1) is 6.42 Å². The van der Waals surface area contributed by atoms with Crippen LogP contribution in [0, 0.1) is 5.92 Å². The molecule has 0 saturated carbocycles. The summed E-state index contributed by atoms with van der Waals surface area (Å²) < 4.78 is 2.24. The number of nitrogens with zero attached hydrogens (tertiary/aromatic N) is 3. The van der Waals surface area contributed by atoms with Crippen LogP contribution < -0.4 is 0 Å². The largest absolute Gasteiger partial charge is 0.342 e. The average molecular weight is 394 g/mol. The Morgan fingerprint density at radius 1 is 1.04 bits per heavy atom. The van der Waals surface area contributed by atoms with Crippen LogP contribution in [0.2, 0.25) is 5.02 Å². The molecule has 0 radical (unpaired) electrons. The zero-order chi connectivity index (χ0) is 19.3. The summed E-state index contributed by atoms with van der Waals surface area (Å²) in [5.74, 6) is 1.78. The minimum absolute atomic E-state index is 0.202. The standard InChI is InChI=1S/C23H24ClN3O/c24-21-8-6-18(7-9-21)16-22(28)26-13-10-19(11-14-26)17-27-15-12-25-23(27)20-4-2-1-3-5-20/h1-9,12,15,19H,10-11,13-14,16-17H2. The van der Waals surface area contributed by atoms with Crippen LogP contribution in [0.5, 0.6) is 0 Å². The topological polar surface area (TPSA) is 38.1 Å². The van der Waals surface area contributed by atoms with Crippen LogP contribution in [0.1, 0.15) is 18.4 Å². The van der Waals surface area contributed by atoms with Crippen molar-refractivity contribution in [3.05, 3.63) is 77.6 Å². The molecule has 0 atom stereocenters. The van der Waals surface area contributed by atoms with E-state index in [1.54, 1.807) is 0 Å². The van der Waals surface area contributed by atoms with Gasteiger partial charge in [0, 0.05) is 42.6 Å². The van der Waals surface area contributed by atoms with Gasteiger partial charge in [0.2, 0.25) is 5.91 Å². The van der Waals surface area contributed by atoms with Gasteiger partial charge in [0.25, 0.3) is 0 Å². The zero-order valence-corrected chi connectivity index (χ0v) is 16.6. The van der Waals surface area contributed by atoms with Crippen molar-refractivity contribution in [2.75, 3.05) is 13.1 Å². The third-order valence-corrected chi connectivity index (χ3v) is 5.69. The molecule has 4 nitrogen and oxygen atoms in total. The lowest BCUT2D eigenvalue weighted by Gasteiger charge is -2.32. The van der Waals surface area contributed by atoms with E-state index in [2.05, 4.69) is 27.9 Å². The van der Waals surface area contributed by atoms with Crippen molar-refractivity contribution < 1.29 is 4.79 Å². The molecule has 5 heteroatoms. The molecule has 0 unspecified atom stereocenters. The number of imidazole rings is 1. The van der Waals surface area contributed by atoms with Crippen molar-refractivity contribution in [3.63, 3.8) is 0 Å². The molecule has 1 aliphatic heterocycles. The first-order valence-corrected chi connectivity index (χ1v) is 10.2. The summed E-state index contributed by atoms with van der Waals surface area (Å²) in [6, 6.07) is 17.8. The van der Waals surface area contributed by atoms with Gasteiger partial charge in [-0.2, -0.15) is 0 Å². The average Bonchev–Trinajstić information content (AvgIpc) is 3.19. The van der Waals surface area contributed by atoms with Gasteiger partial charge in [-0.05, 0) is 36.5 Å². The van der Waals surface area contributed by atoms with E-state index in [-0.39, 0.29) is 5.91 Å². The quantitative estimate of drug-likeness (QED) is 0.631. The summed E-state index contributed by atoms with van der Waals surface area (Å²) in [6.45, 7) is 2.60. The molecule has 1 fully saturated rings. The van der Waals surface area contributed by atoms with Crippen molar-refractivity contribution in [1.29, 1.82) is 0 Å². The first kappa shape index (κ1) is 18.8. The fraction of sp³-hybridized carbons (Fsp3) is 0.304. The third-order valence-electron chi connectivity index (χ3n) is 5.44. The number of likely N-dealkylation sites (tertiary alicyclic amines) is 1. The Morgan fingerprint density at radius 2 is 1.75 bits per heavy atom. The molecule has 0 N–H and O–H groups in total. The number of amides is 1. The van der Waals surface area contributed by atoms with Crippen LogP contribution in [0.4, 0.5) is 0 Å². The molecule has 1 aromatic heterocycles. The number of rotatable bonds is 5. The molecule has 0 spiro atoms. The van der Waals surface area contributed by atoms with Gasteiger partial charge in [-0.3, -0.25) is 4.79 Å². The van der Waals surface area contributed by atoms with Gasteiger partial charge in [0.15, 0.2) is 0 Å². The zero-order valence-electron chi connectivity index (χ0n) is 15.8. The van der Waals surface area contributed by atoms with Crippen LogP contribution in [-0.4, -0.2) is 33.4 Å². The number of hydrogen-bond donors (Lipinski definition) is 0. The number of carbonyl (C=O) groups excluding carboxylic acids is 1. The Kier molecular flexibility index (Phi) is 5.77. The van der Waals surface area contributed by atoms with E-state index in [0.29, 0.717) is 17.4 Å². The summed E-state index contributed by atoms with van der Waals surface area (Å²) in [5, 5.41) is 0.700. The minimum atomic E-state index is 0.202. The van der Waals surface area contributed by atoms with Crippen molar-refractivity contribution in [2.24, 2.45) is 5.92 Å². The molecule has 4 rings (SSSR count). The molecule has 3 aromatic rings. The van der Waals surface area contributed by atoms with E-state index in [1.165, 1.54) is 0 Å². The molecular formula is C23H24ClN3O. The normalized spacial score (nSPS) is 15.0. The van der Waals surface area contributed by atoms with E-state index in [1.807, 2.05) is 53.6 Å². The summed E-state index contributed by atoms with van der Waals surface area (Å²) >= 11 is 5.92. The van der Waals surface area contributed by atoms with Gasteiger partial charge in [0.1, 0.15) is 5.82 Å². The lowest BCUT2D eigenvalue weighted by molar-refractivity contribution is -0.131. The van der Waals surface area contributed by atoms with Crippen molar-refractivity contribution in [3.8, 4) is 11.4 Å². The molecule has 144 valence electrons. The number of piperidine rings is 1. The predicted octanol–water partition coefficient (Wildman–Crippen LogP) is 4.68. The van der Waals surface area contributed by atoms with E-state index in [0.717, 1.165) is 49.4 Å². The van der Waals surface area contributed by atoms with Crippen LogP contribution in [0.25, 0.3) is 11.4 Å². The van der Waals surface area contributed by atoms with Gasteiger partial charge >= 0.3 is 0 Å². The highest BCUT2D eigenvalue weighted by Crippen LogP contribution is 2.24. The second kappa shape index (κ2) is 8.61. The molecule has 0 aliphatic carbocycles. The van der Waals surface area contributed by atoms with Crippen LogP contribution in [0.15, 0.2) is 67.0 Å². The summed E-state index contributed by atoms with van der Waals surface area (Å²) in [4.78, 5) is 19.1. The molecule has 28 heavy (non-hydrogen) atoms. The second-order valence-electron chi connectivity index (χ2n) is 7.40. The Labute approximate surface area is 170 Å². The van der Waals surface area contributed by atoms with Crippen LogP contribution in [-0.2, 0) is 17.8 Å². The fourth-order valence-electron chi connectivity index (χ4n) is 3.84. The fourth-order valence-corrected chi connectivity index (χ4v) is 3.96. The molecular weight excluding hydrogens is 370 g/mol. The minimum Gasteiger partial charge on any atom is -0.342 e. The third kappa shape index (κ3) is 4.45. The SMILES string of the molecule is O=C(Cc1ccc(Cl)cc1)N1CCC(Cn2ccnc2-c2ccccc2)CC1. The predicted molar refractivity (Wildman–Crippen MR) is 112 cm³/mol. The lowest BCUT2D eigenvalue weighted by atomic mass is 9.96. The van der Waals surface area contributed by atoms with E-state index in [4.69, 9.17) is 11.6 Å². The van der Waals surface area contributed by atoms with Crippen LogP contribution in [0.3, 0.4) is 0 Å². The van der Waals surface area contributed by atoms with Gasteiger partial charge in [-0.1, -0.05) is 54.1 Å². The number of hydrogen-bond acceptors (Lipinski definition) is 2. The van der Waals surface area contributed by atoms with Crippen molar-refractivity contribution in [1.82, 2.24) is 14.5 Å². The van der Waals surface area contributed by atoms with Gasteiger partial charge in [-0.25, -0.2) is 4.98 Å². The monoisotopic (exact) mass is 393 g/mol. The first-order valence-electron chi connectivity index (χ1n) is 9.78. The van der Waals surface area contributed by atoms with Crippen molar-refractivity contribution in [2.45, 2.75) is 25.8 Å². The molecule has 0 bridgehead atoms. The highest BCUT2D eigenvalue weighted by atomic mass is 35.5. The molecule has 2 heterocycles. The van der Waals surface area contributed by atoms with Crippen LogP contribution >= 0.6 is 11.6 Å². The molecule has 1 aliphatic rings. The Hall–Kier alpha value is -2.59. The van der Waals surface area contributed by atoms with E-state index in [9.17, 15) is 4.79 Å². The van der Waals surface area contributed by atoms with Crippen molar-refractivity contribution >= 4 is 17.5 Å². The van der Waals surface area contributed by atoms with E-state index >= 15 is 0 Å². The maximum absolute atomic E-state index is 12.6. The smallest absolute Gasteiger partial charge is 0.226 e. The molecule has 2 aromatic carbocycles. The number of halogens is 1. The first-order chi connectivity index (χ1) is 13.7. The Morgan fingerprint density at radius 3 is 2.46 bits per heavy atom. The van der Waals surface area contributed by atoms with Gasteiger partial charge < -0.3 is 9.47 Å². The molecule has 1 saturated heterocycles. The maximum Gasteiger partial charge on any atom is 0.226 e.